The van der Waals surface area contributed by atoms with Crippen molar-refractivity contribution in [3.05, 3.63) is 64.2 Å². The van der Waals surface area contributed by atoms with Gasteiger partial charge in [-0.15, -0.1) is 0 Å². The van der Waals surface area contributed by atoms with E-state index >= 15 is 0 Å². The fraction of sp³-hybridized carbons (Fsp3) is 0.0714. The van der Waals surface area contributed by atoms with Gasteiger partial charge in [-0.1, -0.05) is 17.7 Å². The minimum atomic E-state index is -0.640. The molecule has 0 aliphatic heterocycles. The van der Waals surface area contributed by atoms with Crippen LogP contribution in [0.5, 0.6) is 5.75 Å². The molecule has 2 nitrogen and oxygen atoms in total. The van der Waals surface area contributed by atoms with Crippen molar-refractivity contribution < 1.29 is 18.3 Å². The Hall–Kier alpha value is -1.94. The lowest BCUT2D eigenvalue weighted by molar-refractivity contribution is 0.112. The van der Waals surface area contributed by atoms with Crippen molar-refractivity contribution in [2.75, 3.05) is 0 Å². The van der Waals surface area contributed by atoms with Crippen LogP contribution in [0.25, 0.3) is 0 Å². The summed E-state index contributed by atoms with van der Waals surface area (Å²) in [6.45, 7) is 0.00540. The molecule has 0 aliphatic carbocycles. The average molecular weight is 283 g/mol. The maximum absolute atomic E-state index is 13.5. The van der Waals surface area contributed by atoms with E-state index in [4.69, 9.17) is 16.3 Å². The first-order chi connectivity index (χ1) is 9.10. The zero-order valence-electron chi connectivity index (χ0n) is 9.70. The van der Waals surface area contributed by atoms with Crippen molar-refractivity contribution in [2.45, 2.75) is 6.61 Å². The van der Waals surface area contributed by atoms with Gasteiger partial charge in [0.1, 0.15) is 18.7 Å². The van der Waals surface area contributed by atoms with Crippen molar-refractivity contribution in [1.29, 1.82) is 0 Å². The summed E-state index contributed by atoms with van der Waals surface area (Å²) in [7, 11) is 0. The van der Waals surface area contributed by atoms with Crippen LogP contribution in [0.3, 0.4) is 0 Å². The SMILES string of the molecule is O=Cc1ccc(OCc2ccc(Cl)c(F)c2)c(F)c1. The molecule has 0 aromatic heterocycles. The molecule has 0 fully saturated rings. The summed E-state index contributed by atoms with van der Waals surface area (Å²) in [6.07, 6.45) is 0.543. The normalized spacial score (nSPS) is 10.3. The van der Waals surface area contributed by atoms with Crippen molar-refractivity contribution >= 4 is 17.9 Å². The van der Waals surface area contributed by atoms with Crippen LogP contribution in [0.1, 0.15) is 15.9 Å². The molecule has 0 bridgehead atoms. The van der Waals surface area contributed by atoms with Gasteiger partial charge in [-0.2, -0.15) is 0 Å². The molecule has 2 aromatic carbocycles. The Labute approximate surface area is 113 Å². The number of halogens is 3. The molecule has 0 saturated carbocycles. The summed E-state index contributed by atoms with van der Waals surface area (Å²) in [5.74, 6) is -1.19. The monoisotopic (exact) mass is 282 g/mol. The van der Waals surface area contributed by atoms with Crippen molar-refractivity contribution in [1.82, 2.24) is 0 Å². The van der Waals surface area contributed by atoms with E-state index in [1.807, 2.05) is 0 Å². The highest BCUT2D eigenvalue weighted by Gasteiger charge is 2.06. The minimum absolute atomic E-state index is 0.000887. The van der Waals surface area contributed by atoms with Gasteiger partial charge in [0, 0.05) is 5.56 Å². The topological polar surface area (TPSA) is 26.3 Å². The van der Waals surface area contributed by atoms with E-state index in [1.165, 1.54) is 24.3 Å². The Bertz CT molecular complexity index is 614. The second-order valence-electron chi connectivity index (χ2n) is 3.84. The van der Waals surface area contributed by atoms with Gasteiger partial charge in [0.25, 0.3) is 0 Å². The number of hydrogen-bond acceptors (Lipinski definition) is 2. The lowest BCUT2D eigenvalue weighted by atomic mass is 10.2. The van der Waals surface area contributed by atoms with E-state index in [0.717, 1.165) is 6.07 Å². The van der Waals surface area contributed by atoms with Gasteiger partial charge >= 0.3 is 0 Å². The number of carbonyl (C=O) groups is 1. The molecule has 0 amide bonds. The predicted molar refractivity (Wildman–Crippen MR) is 67.5 cm³/mol. The van der Waals surface area contributed by atoms with Crippen LogP contribution in [-0.2, 0) is 6.61 Å². The second kappa shape index (κ2) is 5.80. The molecule has 0 spiro atoms. The Morgan fingerprint density at radius 1 is 1.11 bits per heavy atom. The number of benzene rings is 2. The third-order valence-corrected chi connectivity index (χ3v) is 2.78. The first-order valence-corrected chi connectivity index (χ1v) is 5.79. The Balaban J connectivity index is 2.09. The smallest absolute Gasteiger partial charge is 0.165 e. The molecule has 2 aromatic rings. The molecular formula is C14H9ClF2O2. The highest BCUT2D eigenvalue weighted by molar-refractivity contribution is 6.30. The van der Waals surface area contributed by atoms with Gasteiger partial charge < -0.3 is 4.74 Å². The summed E-state index contributed by atoms with van der Waals surface area (Å²) in [4.78, 5) is 10.5. The lowest BCUT2D eigenvalue weighted by Crippen LogP contribution is -1.98. The van der Waals surface area contributed by atoms with Crippen LogP contribution in [0, 0.1) is 11.6 Å². The molecular weight excluding hydrogens is 274 g/mol. The largest absolute Gasteiger partial charge is 0.486 e. The molecule has 0 aliphatic rings. The van der Waals surface area contributed by atoms with Crippen LogP contribution < -0.4 is 4.74 Å². The lowest BCUT2D eigenvalue weighted by Gasteiger charge is -2.08. The van der Waals surface area contributed by atoms with Crippen LogP contribution in [0.4, 0.5) is 8.78 Å². The third kappa shape index (κ3) is 3.29. The van der Waals surface area contributed by atoms with Gasteiger partial charge in [-0.3, -0.25) is 4.79 Å². The summed E-state index contributed by atoms with van der Waals surface area (Å²) in [6, 6.07) is 8.08. The number of rotatable bonds is 4. The van der Waals surface area contributed by atoms with E-state index in [2.05, 4.69) is 0 Å². The number of carbonyl (C=O) groups excluding carboxylic acids is 1. The van der Waals surface area contributed by atoms with Gasteiger partial charge in [0.2, 0.25) is 0 Å². The fourth-order valence-electron chi connectivity index (χ4n) is 1.50. The summed E-state index contributed by atoms with van der Waals surface area (Å²) < 4.78 is 31.9. The van der Waals surface area contributed by atoms with E-state index in [0.29, 0.717) is 11.8 Å². The summed E-state index contributed by atoms with van der Waals surface area (Å²) in [5, 5.41) is 0.0188. The Morgan fingerprint density at radius 3 is 2.53 bits per heavy atom. The standard InChI is InChI=1S/C14H9ClF2O2/c15-11-3-1-10(6-12(11)16)8-19-14-4-2-9(7-18)5-13(14)17/h1-7H,8H2. The molecule has 0 heterocycles. The van der Waals surface area contributed by atoms with E-state index in [-0.39, 0.29) is 22.9 Å². The van der Waals surface area contributed by atoms with Gasteiger partial charge in [-0.25, -0.2) is 8.78 Å². The molecule has 0 radical (unpaired) electrons. The number of hydrogen-bond donors (Lipinski definition) is 0. The number of aldehydes is 1. The first kappa shape index (κ1) is 13.5. The molecule has 0 unspecified atom stereocenters. The summed E-state index contributed by atoms with van der Waals surface area (Å²) in [5.41, 5.74) is 0.753. The Morgan fingerprint density at radius 2 is 1.89 bits per heavy atom. The van der Waals surface area contributed by atoms with Gasteiger partial charge in [0.15, 0.2) is 11.6 Å². The van der Waals surface area contributed by atoms with Crippen molar-refractivity contribution in [2.24, 2.45) is 0 Å². The quantitative estimate of drug-likeness (QED) is 0.792. The van der Waals surface area contributed by atoms with Crippen LogP contribution in [0.15, 0.2) is 36.4 Å². The van der Waals surface area contributed by atoms with Gasteiger partial charge in [-0.05, 0) is 35.9 Å². The van der Waals surface area contributed by atoms with Crippen molar-refractivity contribution in [3.8, 4) is 5.75 Å². The maximum Gasteiger partial charge on any atom is 0.165 e. The maximum atomic E-state index is 13.5. The van der Waals surface area contributed by atoms with Crippen LogP contribution in [-0.4, -0.2) is 6.29 Å². The molecule has 0 N–H and O–H groups in total. The molecule has 98 valence electrons. The zero-order chi connectivity index (χ0) is 13.8. The molecule has 5 heteroatoms. The average Bonchev–Trinajstić information content (AvgIpc) is 2.41. The summed E-state index contributed by atoms with van der Waals surface area (Å²) >= 11 is 5.55. The molecule has 0 saturated heterocycles. The van der Waals surface area contributed by atoms with E-state index < -0.39 is 11.6 Å². The molecule has 2 rings (SSSR count). The Kier molecular flexibility index (Phi) is 4.12. The second-order valence-corrected chi connectivity index (χ2v) is 4.25. The van der Waals surface area contributed by atoms with Crippen LogP contribution in [0.2, 0.25) is 5.02 Å². The fourth-order valence-corrected chi connectivity index (χ4v) is 1.62. The van der Waals surface area contributed by atoms with E-state index in [1.54, 1.807) is 6.07 Å². The third-order valence-electron chi connectivity index (χ3n) is 2.47. The zero-order valence-corrected chi connectivity index (χ0v) is 10.5. The number of ether oxygens (including phenoxy) is 1. The predicted octanol–water partition coefficient (Wildman–Crippen LogP) is 4.01. The van der Waals surface area contributed by atoms with Gasteiger partial charge in [0.05, 0.1) is 5.02 Å². The van der Waals surface area contributed by atoms with E-state index in [9.17, 15) is 13.6 Å². The van der Waals surface area contributed by atoms with Crippen LogP contribution >= 0.6 is 11.6 Å². The first-order valence-electron chi connectivity index (χ1n) is 5.41. The highest BCUT2D eigenvalue weighted by Crippen LogP contribution is 2.20. The van der Waals surface area contributed by atoms with Crippen molar-refractivity contribution in [3.63, 3.8) is 0 Å². The molecule has 19 heavy (non-hydrogen) atoms. The molecule has 0 atom stereocenters. The highest BCUT2D eigenvalue weighted by atomic mass is 35.5. The minimum Gasteiger partial charge on any atom is -0.486 e.